The number of rotatable bonds is 4. The molecule has 0 saturated carbocycles. The van der Waals surface area contributed by atoms with Crippen LogP contribution in [0.4, 0.5) is 18.3 Å². The Labute approximate surface area is 143 Å². The van der Waals surface area contributed by atoms with E-state index in [-0.39, 0.29) is 17.2 Å². The minimum Gasteiger partial charge on any atom is -0.297 e. The van der Waals surface area contributed by atoms with Crippen LogP contribution in [0.5, 0.6) is 0 Å². The van der Waals surface area contributed by atoms with E-state index in [1.54, 1.807) is 0 Å². The van der Waals surface area contributed by atoms with Crippen molar-refractivity contribution in [2.45, 2.75) is 6.54 Å². The number of carbonyl (C=O) groups is 1. The lowest BCUT2D eigenvalue weighted by Gasteiger charge is -2.02. The highest BCUT2D eigenvalue weighted by Gasteiger charge is 2.13. The molecule has 0 aliphatic carbocycles. The van der Waals surface area contributed by atoms with E-state index < -0.39 is 29.0 Å². The molecule has 3 aromatic rings. The Morgan fingerprint density at radius 1 is 1.04 bits per heavy atom. The van der Waals surface area contributed by atoms with Gasteiger partial charge in [0.2, 0.25) is 5.13 Å². The van der Waals surface area contributed by atoms with E-state index in [1.165, 1.54) is 28.2 Å². The quantitative estimate of drug-likeness (QED) is 0.773. The highest BCUT2D eigenvalue weighted by atomic mass is 32.1. The summed E-state index contributed by atoms with van der Waals surface area (Å²) in [5.74, 6) is -2.96. The molecule has 0 radical (unpaired) electrons. The summed E-state index contributed by atoms with van der Waals surface area (Å²) in [4.78, 5) is 27.5. The van der Waals surface area contributed by atoms with Gasteiger partial charge >= 0.3 is 5.69 Å². The number of carbonyl (C=O) groups excluding carboxylic acids is 1. The summed E-state index contributed by atoms with van der Waals surface area (Å²) >= 11 is 0.870. The van der Waals surface area contributed by atoms with Gasteiger partial charge in [-0.3, -0.25) is 10.1 Å². The van der Waals surface area contributed by atoms with Crippen molar-refractivity contribution in [1.29, 1.82) is 0 Å². The lowest BCUT2D eigenvalue weighted by Crippen LogP contribution is -2.16. The van der Waals surface area contributed by atoms with Crippen molar-refractivity contribution in [3.05, 3.63) is 81.5 Å². The second kappa shape index (κ2) is 6.89. The zero-order valence-electron chi connectivity index (χ0n) is 12.5. The average Bonchev–Trinajstić information content (AvgIpc) is 2.88. The van der Waals surface area contributed by atoms with Gasteiger partial charge in [0.25, 0.3) is 5.91 Å². The molecule has 2 aromatic carbocycles. The monoisotopic (exact) mass is 365 g/mol. The van der Waals surface area contributed by atoms with E-state index >= 15 is 0 Å². The van der Waals surface area contributed by atoms with Crippen LogP contribution in [-0.4, -0.2) is 14.8 Å². The maximum Gasteiger partial charge on any atom is 0.360 e. The van der Waals surface area contributed by atoms with Crippen LogP contribution in [0.2, 0.25) is 0 Å². The van der Waals surface area contributed by atoms with Crippen LogP contribution in [0.1, 0.15) is 15.9 Å². The molecular formula is C16H10F3N3O2S. The van der Waals surface area contributed by atoms with Crippen LogP contribution < -0.4 is 11.0 Å². The summed E-state index contributed by atoms with van der Waals surface area (Å²) in [6.07, 6.45) is 0. The third-order valence-corrected chi connectivity index (χ3v) is 4.06. The van der Waals surface area contributed by atoms with E-state index in [0.29, 0.717) is 11.6 Å². The number of nitrogens with zero attached hydrogens (tertiary/aromatic N) is 2. The Bertz CT molecular complexity index is 963. The minimum atomic E-state index is -0.889. The van der Waals surface area contributed by atoms with Crippen molar-refractivity contribution in [1.82, 2.24) is 8.94 Å². The van der Waals surface area contributed by atoms with Gasteiger partial charge in [0, 0.05) is 11.6 Å². The largest absolute Gasteiger partial charge is 0.360 e. The van der Waals surface area contributed by atoms with Crippen LogP contribution in [0.3, 0.4) is 0 Å². The molecule has 0 aliphatic rings. The summed E-state index contributed by atoms with van der Waals surface area (Å²) in [6, 6.07) is 7.97. The van der Waals surface area contributed by atoms with Gasteiger partial charge in [-0.05, 0) is 41.4 Å². The average molecular weight is 365 g/mol. The van der Waals surface area contributed by atoms with Crippen molar-refractivity contribution in [2.24, 2.45) is 0 Å². The number of hydrogen-bond acceptors (Lipinski definition) is 4. The van der Waals surface area contributed by atoms with Gasteiger partial charge in [0.05, 0.1) is 6.54 Å². The molecule has 1 amide bonds. The molecule has 0 saturated heterocycles. The Morgan fingerprint density at radius 2 is 1.68 bits per heavy atom. The van der Waals surface area contributed by atoms with Gasteiger partial charge in [-0.15, -0.1) is 0 Å². The molecule has 25 heavy (non-hydrogen) atoms. The minimum absolute atomic E-state index is 0.0122. The van der Waals surface area contributed by atoms with E-state index in [9.17, 15) is 22.8 Å². The van der Waals surface area contributed by atoms with E-state index in [4.69, 9.17) is 0 Å². The first kappa shape index (κ1) is 16.9. The first-order chi connectivity index (χ1) is 11.9. The predicted octanol–water partition coefficient (Wildman–Crippen LogP) is 3.02. The fraction of sp³-hybridized carbons (Fsp3) is 0.0625. The Hall–Kier alpha value is -2.94. The summed E-state index contributed by atoms with van der Waals surface area (Å²) in [5.41, 5.74) is -0.155. The van der Waals surface area contributed by atoms with E-state index in [1.807, 2.05) is 0 Å². The van der Waals surface area contributed by atoms with E-state index in [2.05, 4.69) is 10.3 Å². The number of hydrogen-bond donors (Lipinski definition) is 1. The summed E-state index contributed by atoms with van der Waals surface area (Å²) in [7, 11) is 0. The molecular weight excluding hydrogens is 355 g/mol. The van der Waals surface area contributed by atoms with Crippen LogP contribution in [0.15, 0.2) is 47.3 Å². The lowest BCUT2D eigenvalue weighted by molar-refractivity contribution is 0.102. The number of halogens is 3. The molecule has 0 atom stereocenters. The SMILES string of the molecule is O=C(Nc1nc(=O)n(Cc2ccc(F)cc2)s1)c1cc(F)cc(F)c1. The number of aromatic nitrogens is 2. The smallest absolute Gasteiger partial charge is 0.297 e. The van der Waals surface area contributed by atoms with Crippen molar-refractivity contribution in [3.8, 4) is 0 Å². The predicted molar refractivity (Wildman–Crippen MR) is 86.2 cm³/mol. The Balaban J connectivity index is 1.76. The fourth-order valence-corrected chi connectivity index (χ4v) is 2.87. The standard InChI is InChI=1S/C16H10F3N3O2S/c17-11-3-1-9(2-4-11)8-22-16(24)21-15(25-22)20-14(23)10-5-12(18)7-13(19)6-10/h1-7H,8H2,(H,20,21,23,24). The van der Waals surface area contributed by atoms with Crippen molar-refractivity contribution in [2.75, 3.05) is 5.32 Å². The maximum atomic E-state index is 13.2. The van der Waals surface area contributed by atoms with Gasteiger partial charge in [-0.2, -0.15) is 4.98 Å². The molecule has 5 nitrogen and oxygen atoms in total. The van der Waals surface area contributed by atoms with Crippen molar-refractivity contribution in [3.63, 3.8) is 0 Å². The lowest BCUT2D eigenvalue weighted by atomic mass is 10.2. The first-order valence-electron chi connectivity index (χ1n) is 7.01. The van der Waals surface area contributed by atoms with Crippen LogP contribution in [-0.2, 0) is 6.54 Å². The molecule has 0 unspecified atom stereocenters. The zero-order valence-corrected chi connectivity index (χ0v) is 13.3. The van der Waals surface area contributed by atoms with Crippen LogP contribution >= 0.6 is 11.5 Å². The fourth-order valence-electron chi connectivity index (χ4n) is 2.07. The maximum absolute atomic E-state index is 13.2. The van der Waals surface area contributed by atoms with Crippen LogP contribution in [0.25, 0.3) is 0 Å². The molecule has 0 spiro atoms. The second-order valence-corrected chi connectivity index (χ2v) is 6.08. The van der Waals surface area contributed by atoms with Crippen LogP contribution in [0, 0.1) is 17.5 Å². The van der Waals surface area contributed by atoms with Gasteiger partial charge in [0.15, 0.2) is 0 Å². The van der Waals surface area contributed by atoms with Gasteiger partial charge in [-0.25, -0.2) is 21.9 Å². The second-order valence-electron chi connectivity index (χ2n) is 5.07. The molecule has 128 valence electrons. The highest BCUT2D eigenvalue weighted by molar-refractivity contribution is 7.10. The molecule has 3 rings (SSSR count). The highest BCUT2D eigenvalue weighted by Crippen LogP contribution is 2.14. The number of amides is 1. The van der Waals surface area contributed by atoms with E-state index in [0.717, 1.165) is 23.7 Å². The molecule has 1 heterocycles. The topological polar surface area (TPSA) is 64.0 Å². The third kappa shape index (κ3) is 4.13. The number of nitrogens with one attached hydrogen (secondary N) is 1. The molecule has 0 fully saturated rings. The molecule has 9 heteroatoms. The zero-order chi connectivity index (χ0) is 18.0. The molecule has 1 aromatic heterocycles. The number of benzene rings is 2. The van der Waals surface area contributed by atoms with Gasteiger partial charge in [-0.1, -0.05) is 12.1 Å². The van der Waals surface area contributed by atoms with Gasteiger partial charge < -0.3 is 0 Å². The van der Waals surface area contributed by atoms with Crippen molar-refractivity contribution < 1.29 is 18.0 Å². The normalized spacial score (nSPS) is 10.7. The molecule has 1 N–H and O–H groups in total. The molecule has 0 aliphatic heterocycles. The third-order valence-electron chi connectivity index (χ3n) is 3.19. The van der Waals surface area contributed by atoms with Gasteiger partial charge in [0.1, 0.15) is 17.5 Å². The Kier molecular flexibility index (Phi) is 4.66. The van der Waals surface area contributed by atoms with Crippen molar-refractivity contribution >= 4 is 22.6 Å². The summed E-state index contributed by atoms with van der Waals surface area (Å²) in [5, 5.41) is 2.31. The first-order valence-corrected chi connectivity index (χ1v) is 7.78. The Morgan fingerprint density at radius 3 is 2.32 bits per heavy atom. The summed E-state index contributed by atoms with van der Waals surface area (Å²) in [6.45, 7) is 0.154. The number of anilines is 1. The molecule has 0 bridgehead atoms. The summed E-state index contributed by atoms with van der Waals surface area (Å²) < 4.78 is 40.5.